The molecule has 2 saturated heterocycles. The molecule has 1 spiro atoms. The van der Waals surface area contributed by atoms with Crippen LogP contribution in [0.1, 0.15) is 42.7 Å². The number of ether oxygens (including phenoxy) is 1. The summed E-state index contributed by atoms with van der Waals surface area (Å²) >= 11 is 0. The van der Waals surface area contributed by atoms with Crippen LogP contribution in [0, 0.1) is 12.8 Å². The van der Waals surface area contributed by atoms with Gasteiger partial charge < -0.3 is 9.64 Å². The van der Waals surface area contributed by atoms with Gasteiger partial charge in [-0.25, -0.2) is 4.79 Å². The zero-order valence-corrected chi connectivity index (χ0v) is 12.9. The molecule has 2 aliphatic heterocycles. The maximum Gasteiger partial charge on any atom is 0.332 e. The van der Waals surface area contributed by atoms with Crippen molar-refractivity contribution in [1.29, 1.82) is 0 Å². The van der Waals surface area contributed by atoms with Crippen LogP contribution in [0.5, 0.6) is 0 Å². The van der Waals surface area contributed by atoms with Gasteiger partial charge in [0.05, 0.1) is 6.61 Å². The number of carbonyl (C=O) groups is 2. The number of rotatable bonds is 2. The van der Waals surface area contributed by atoms with E-state index >= 15 is 0 Å². The van der Waals surface area contributed by atoms with Crippen molar-refractivity contribution < 1.29 is 14.3 Å². The predicted octanol–water partition coefficient (Wildman–Crippen LogP) is 2.41. The maximum absolute atomic E-state index is 12.9. The van der Waals surface area contributed by atoms with E-state index in [1.54, 1.807) is 0 Å². The fourth-order valence-corrected chi connectivity index (χ4v) is 4.24. The van der Waals surface area contributed by atoms with Crippen molar-refractivity contribution >= 4 is 11.9 Å². The number of esters is 1. The molecule has 22 heavy (non-hydrogen) atoms. The van der Waals surface area contributed by atoms with Crippen LogP contribution in [0.2, 0.25) is 0 Å². The van der Waals surface area contributed by atoms with Crippen LogP contribution in [-0.4, -0.2) is 35.5 Å². The number of carbonyl (C=O) groups excluding carboxylic acids is 2. The molecule has 1 aromatic carbocycles. The molecular formula is C18H21NO3. The molecule has 4 nitrogen and oxygen atoms in total. The number of hydrogen-bond donors (Lipinski definition) is 0. The number of amides is 1. The van der Waals surface area contributed by atoms with Gasteiger partial charge in [0.1, 0.15) is 5.54 Å². The molecule has 4 rings (SSSR count). The quantitative estimate of drug-likeness (QED) is 0.788. The summed E-state index contributed by atoms with van der Waals surface area (Å²) in [7, 11) is 0. The lowest BCUT2D eigenvalue weighted by molar-refractivity contribution is -0.153. The number of aryl methyl sites for hydroxylation is 1. The van der Waals surface area contributed by atoms with Gasteiger partial charge in [-0.3, -0.25) is 4.79 Å². The molecule has 3 fully saturated rings. The Labute approximate surface area is 130 Å². The number of likely N-dealkylation sites (tertiary alicyclic amines) is 1. The van der Waals surface area contributed by atoms with E-state index in [-0.39, 0.29) is 17.8 Å². The summed E-state index contributed by atoms with van der Waals surface area (Å²) in [6.07, 6.45) is 3.24. The lowest BCUT2D eigenvalue weighted by Crippen LogP contribution is -2.51. The van der Waals surface area contributed by atoms with Gasteiger partial charge in [0.2, 0.25) is 5.91 Å². The first-order valence-electron chi connectivity index (χ1n) is 8.18. The van der Waals surface area contributed by atoms with E-state index in [4.69, 9.17) is 4.74 Å². The van der Waals surface area contributed by atoms with E-state index in [1.165, 1.54) is 11.1 Å². The Kier molecular flexibility index (Phi) is 3.03. The fraction of sp³-hybridized carbons (Fsp3) is 0.556. The van der Waals surface area contributed by atoms with Crippen LogP contribution in [0.15, 0.2) is 24.3 Å². The molecule has 0 aromatic heterocycles. The highest BCUT2D eigenvalue weighted by Gasteiger charge is 2.57. The SMILES string of the molecule is Cc1ccccc1C1CC1C(=O)N1CCCC12CCOC2=O. The van der Waals surface area contributed by atoms with Crippen molar-refractivity contribution in [3.63, 3.8) is 0 Å². The van der Waals surface area contributed by atoms with Crippen LogP contribution in [0.4, 0.5) is 0 Å². The van der Waals surface area contributed by atoms with Crippen molar-refractivity contribution in [3.05, 3.63) is 35.4 Å². The zero-order valence-electron chi connectivity index (χ0n) is 12.9. The van der Waals surface area contributed by atoms with Crippen LogP contribution >= 0.6 is 0 Å². The van der Waals surface area contributed by atoms with Gasteiger partial charge in [0.15, 0.2) is 0 Å². The molecule has 116 valence electrons. The molecule has 1 amide bonds. The standard InChI is InChI=1S/C18H21NO3/c1-12-5-2-3-6-13(12)14-11-15(14)16(20)19-9-4-7-18(19)8-10-22-17(18)21/h2-3,5-6,14-15H,4,7-11H2,1H3. The van der Waals surface area contributed by atoms with Gasteiger partial charge in [-0.05, 0) is 43.2 Å². The summed E-state index contributed by atoms with van der Waals surface area (Å²) in [6.45, 7) is 3.25. The normalized spacial score (nSPS) is 33.3. The van der Waals surface area contributed by atoms with Crippen LogP contribution in [-0.2, 0) is 14.3 Å². The maximum atomic E-state index is 12.9. The zero-order chi connectivity index (χ0) is 15.3. The van der Waals surface area contributed by atoms with E-state index in [0.29, 0.717) is 25.5 Å². The number of benzene rings is 1. The van der Waals surface area contributed by atoms with Crippen LogP contribution in [0.25, 0.3) is 0 Å². The number of cyclic esters (lactones) is 1. The van der Waals surface area contributed by atoms with Crippen LogP contribution in [0.3, 0.4) is 0 Å². The second-order valence-electron chi connectivity index (χ2n) is 6.82. The van der Waals surface area contributed by atoms with Crippen molar-refractivity contribution in [2.75, 3.05) is 13.2 Å². The van der Waals surface area contributed by atoms with Crippen molar-refractivity contribution in [2.45, 2.75) is 44.1 Å². The average Bonchev–Trinajstić information content (AvgIpc) is 3.06. The lowest BCUT2D eigenvalue weighted by Gasteiger charge is -2.31. The first kappa shape index (κ1) is 13.8. The minimum atomic E-state index is -0.643. The van der Waals surface area contributed by atoms with Gasteiger partial charge in [-0.2, -0.15) is 0 Å². The Morgan fingerprint density at radius 1 is 1.32 bits per heavy atom. The van der Waals surface area contributed by atoms with Gasteiger partial charge in [0.25, 0.3) is 0 Å². The van der Waals surface area contributed by atoms with Gasteiger partial charge >= 0.3 is 5.97 Å². The predicted molar refractivity (Wildman–Crippen MR) is 81.3 cm³/mol. The molecule has 1 aromatic rings. The first-order chi connectivity index (χ1) is 10.6. The topological polar surface area (TPSA) is 46.6 Å². The van der Waals surface area contributed by atoms with E-state index in [1.807, 2.05) is 17.0 Å². The van der Waals surface area contributed by atoms with E-state index < -0.39 is 5.54 Å². The summed E-state index contributed by atoms with van der Waals surface area (Å²) in [6, 6.07) is 8.29. The molecule has 3 aliphatic rings. The first-order valence-corrected chi connectivity index (χ1v) is 8.18. The summed E-state index contributed by atoms with van der Waals surface area (Å²) in [5.41, 5.74) is 1.89. The summed E-state index contributed by atoms with van der Waals surface area (Å²) in [5.74, 6) is 0.337. The summed E-state index contributed by atoms with van der Waals surface area (Å²) < 4.78 is 5.17. The van der Waals surface area contributed by atoms with Crippen LogP contribution < -0.4 is 0 Å². The molecule has 3 atom stereocenters. The van der Waals surface area contributed by atoms with Gasteiger partial charge in [-0.1, -0.05) is 24.3 Å². The van der Waals surface area contributed by atoms with Gasteiger partial charge in [0, 0.05) is 18.9 Å². The smallest absolute Gasteiger partial charge is 0.332 e. The number of hydrogen-bond acceptors (Lipinski definition) is 3. The minimum Gasteiger partial charge on any atom is -0.464 e. The van der Waals surface area contributed by atoms with Gasteiger partial charge in [-0.15, -0.1) is 0 Å². The molecule has 0 N–H and O–H groups in total. The van der Waals surface area contributed by atoms with E-state index in [9.17, 15) is 9.59 Å². The fourth-order valence-electron chi connectivity index (χ4n) is 4.24. The van der Waals surface area contributed by atoms with Crippen molar-refractivity contribution in [1.82, 2.24) is 4.90 Å². The third-order valence-electron chi connectivity index (χ3n) is 5.58. The van der Waals surface area contributed by atoms with E-state index in [0.717, 1.165) is 19.3 Å². The third-order valence-corrected chi connectivity index (χ3v) is 5.58. The Morgan fingerprint density at radius 3 is 2.86 bits per heavy atom. The highest BCUT2D eigenvalue weighted by Crippen LogP contribution is 2.51. The monoisotopic (exact) mass is 299 g/mol. The molecule has 2 heterocycles. The third kappa shape index (κ3) is 1.89. The largest absolute Gasteiger partial charge is 0.464 e. The Morgan fingerprint density at radius 2 is 2.14 bits per heavy atom. The van der Waals surface area contributed by atoms with Crippen molar-refractivity contribution in [2.24, 2.45) is 5.92 Å². The summed E-state index contributed by atoms with van der Waals surface area (Å²) in [5, 5.41) is 0. The Balaban J connectivity index is 1.54. The minimum absolute atomic E-state index is 0.0458. The lowest BCUT2D eigenvalue weighted by atomic mass is 9.94. The molecule has 1 saturated carbocycles. The Hall–Kier alpha value is -1.84. The molecule has 0 radical (unpaired) electrons. The molecule has 0 bridgehead atoms. The second kappa shape index (κ2) is 4.83. The number of nitrogens with zero attached hydrogens (tertiary/aromatic N) is 1. The molecule has 3 unspecified atom stereocenters. The average molecular weight is 299 g/mol. The molecule has 4 heteroatoms. The molecular weight excluding hydrogens is 278 g/mol. The summed E-state index contributed by atoms with van der Waals surface area (Å²) in [4.78, 5) is 26.9. The second-order valence-corrected chi connectivity index (χ2v) is 6.82. The van der Waals surface area contributed by atoms with Crippen molar-refractivity contribution in [3.8, 4) is 0 Å². The highest BCUT2D eigenvalue weighted by atomic mass is 16.5. The Bertz CT molecular complexity index is 637. The highest BCUT2D eigenvalue weighted by molar-refractivity contribution is 5.92. The molecule has 1 aliphatic carbocycles. The van der Waals surface area contributed by atoms with E-state index in [2.05, 4.69) is 19.1 Å².